The molecule has 16 heavy (non-hydrogen) atoms. The zero-order valence-electron chi connectivity index (χ0n) is 10.0. The van der Waals surface area contributed by atoms with E-state index in [2.05, 4.69) is 29.1 Å². The van der Waals surface area contributed by atoms with E-state index in [0.29, 0.717) is 18.5 Å². The number of likely N-dealkylation sites (tertiary alicyclic amines) is 1. The summed E-state index contributed by atoms with van der Waals surface area (Å²) in [5.41, 5.74) is 1.04. The van der Waals surface area contributed by atoms with E-state index in [9.17, 15) is 0 Å². The molecule has 1 saturated heterocycles. The molecule has 1 unspecified atom stereocenters. The second-order valence-corrected chi connectivity index (χ2v) is 5.53. The van der Waals surface area contributed by atoms with Gasteiger partial charge in [-0.25, -0.2) is 4.98 Å². The van der Waals surface area contributed by atoms with Crippen LogP contribution < -0.4 is 0 Å². The van der Waals surface area contributed by atoms with Crippen LogP contribution in [0.5, 0.6) is 0 Å². The minimum Gasteiger partial charge on any atom is -0.396 e. The average Bonchev–Trinajstić information content (AvgIpc) is 2.83. The Hall–Kier alpha value is -0.450. The van der Waals surface area contributed by atoms with Crippen LogP contribution in [-0.4, -0.2) is 34.2 Å². The van der Waals surface area contributed by atoms with Crippen molar-refractivity contribution in [3.8, 4) is 0 Å². The highest BCUT2D eigenvalue weighted by molar-refractivity contribution is 7.09. The summed E-state index contributed by atoms with van der Waals surface area (Å²) in [6.45, 7) is 5.89. The lowest BCUT2D eigenvalue weighted by Crippen LogP contribution is -2.30. The lowest BCUT2D eigenvalue weighted by molar-refractivity contribution is 0.205. The Morgan fingerprint density at radius 1 is 1.62 bits per heavy atom. The topological polar surface area (TPSA) is 36.4 Å². The molecule has 1 fully saturated rings. The molecule has 0 radical (unpaired) electrons. The number of aliphatic hydroxyl groups excluding tert-OH is 1. The fraction of sp³-hybridized carbons (Fsp3) is 0.750. The third kappa shape index (κ3) is 2.44. The number of hydrogen-bond acceptors (Lipinski definition) is 4. The summed E-state index contributed by atoms with van der Waals surface area (Å²) in [6, 6.07) is 1.11. The van der Waals surface area contributed by atoms with Gasteiger partial charge in [-0.05, 0) is 33.2 Å². The van der Waals surface area contributed by atoms with Crippen LogP contribution in [0.15, 0.2) is 5.38 Å². The molecular formula is C12H20N2OS. The van der Waals surface area contributed by atoms with Gasteiger partial charge in [0.2, 0.25) is 0 Å². The monoisotopic (exact) mass is 240 g/mol. The molecule has 1 N–H and O–H groups in total. The Morgan fingerprint density at radius 3 is 3.12 bits per heavy atom. The van der Waals surface area contributed by atoms with E-state index in [1.807, 2.05) is 0 Å². The van der Waals surface area contributed by atoms with Gasteiger partial charge < -0.3 is 5.11 Å². The van der Waals surface area contributed by atoms with Crippen molar-refractivity contribution in [3.05, 3.63) is 16.1 Å². The van der Waals surface area contributed by atoms with Crippen molar-refractivity contribution >= 4 is 11.3 Å². The molecule has 1 atom stereocenters. The second kappa shape index (κ2) is 5.25. The molecule has 2 heterocycles. The van der Waals surface area contributed by atoms with Gasteiger partial charge in [-0.2, -0.15) is 0 Å². The highest BCUT2D eigenvalue weighted by Crippen LogP contribution is 2.34. The number of nitrogens with zero attached hydrogens (tertiary/aromatic N) is 2. The van der Waals surface area contributed by atoms with E-state index in [4.69, 9.17) is 5.11 Å². The normalized spacial score (nSPS) is 22.1. The molecule has 0 saturated carbocycles. The van der Waals surface area contributed by atoms with Gasteiger partial charge >= 0.3 is 0 Å². The molecule has 1 aromatic heterocycles. The lowest BCUT2D eigenvalue weighted by Gasteiger charge is -2.26. The summed E-state index contributed by atoms with van der Waals surface area (Å²) >= 11 is 1.74. The maximum atomic E-state index is 8.89. The number of aliphatic hydroxyl groups is 1. The molecule has 0 spiro atoms. The third-order valence-electron chi connectivity index (χ3n) is 3.18. The number of thiazole rings is 1. The SMILES string of the molecule is CC(C)N1CCCC1c1nc(CCO)cs1. The van der Waals surface area contributed by atoms with Crippen LogP contribution in [0.1, 0.15) is 43.4 Å². The molecule has 0 bridgehead atoms. The number of hydrogen-bond donors (Lipinski definition) is 1. The second-order valence-electron chi connectivity index (χ2n) is 4.64. The molecule has 0 aliphatic carbocycles. The summed E-state index contributed by atoms with van der Waals surface area (Å²) < 4.78 is 0. The average molecular weight is 240 g/mol. The number of rotatable bonds is 4. The minimum atomic E-state index is 0.196. The molecule has 4 heteroatoms. The fourth-order valence-electron chi connectivity index (χ4n) is 2.38. The highest BCUT2D eigenvalue weighted by atomic mass is 32.1. The van der Waals surface area contributed by atoms with Gasteiger partial charge in [-0.15, -0.1) is 11.3 Å². The van der Waals surface area contributed by atoms with E-state index in [-0.39, 0.29) is 6.61 Å². The van der Waals surface area contributed by atoms with Crippen LogP contribution in [0.2, 0.25) is 0 Å². The van der Waals surface area contributed by atoms with E-state index in [0.717, 1.165) is 5.69 Å². The predicted octanol–water partition coefficient (Wildman–Crippen LogP) is 2.22. The van der Waals surface area contributed by atoms with Gasteiger partial charge in [0, 0.05) is 24.4 Å². The largest absolute Gasteiger partial charge is 0.396 e. The van der Waals surface area contributed by atoms with Crippen molar-refractivity contribution in [2.45, 2.75) is 45.2 Å². The zero-order chi connectivity index (χ0) is 11.5. The molecule has 0 amide bonds. The summed E-state index contributed by atoms with van der Waals surface area (Å²) in [4.78, 5) is 7.16. The van der Waals surface area contributed by atoms with Gasteiger partial charge in [0.05, 0.1) is 11.7 Å². The van der Waals surface area contributed by atoms with E-state index < -0.39 is 0 Å². The fourth-order valence-corrected chi connectivity index (χ4v) is 3.38. The first-order valence-electron chi connectivity index (χ1n) is 6.03. The van der Waals surface area contributed by atoms with Gasteiger partial charge in [0.25, 0.3) is 0 Å². The van der Waals surface area contributed by atoms with Crippen molar-refractivity contribution < 1.29 is 5.11 Å². The predicted molar refractivity (Wildman–Crippen MR) is 66.7 cm³/mol. The van der Waals surface area contributed by atoms with E-state index in [1.165, 1.54) is 24.4 Å². The molecule has 1 aromatic rings. The van der Waals surface area contributed by atoms with Crippen LogP contribution in [-0.2, 0) is 6.42 Å². The van der Waals surface area contributed by atoms with E-state index in [1.54, 1.807) is 11.3 Å². The highest BCUT2D eigenvalue weighted by Gasteiger charge is 2.29. The molecular weight excluding hydrogens is 220 g/mol. The van der Waals surface area contributed by atoms with Crippen LogP contribution in [0, 0.1) is 0 Å². The van der Waals surface area contributed by atoms with E-state index >= 15 is 0 Å². The standard InChI is InChI=1S/C12H20N2OS/c1-9(2)14-6-3-4-11(14)12-13-10(5-7-15)8-16-12/h8-9,11,15H,3-7H2,1-2H3. The van der Waals surface area contributed by atoms with Gasteiger partial charge in [0.15, 0.2) is 0 Å². The quantitative estimate of drug-likeness (QED) is 0.876. The Kier molecular flexibility index (Phi) is 3.95. The molecule has 2 rings (SSSR count). The van der Waals surface area contributed by atoms with Crippen molar-refractivity contribution in [2.75, 3.05) is 13.2 Å². The first-order valence-corrected chi connectivity index (χ1v) is 6.91. The Bertz CT molecular complexity index is 338. The van der Waals surface area contributed by atoms with Crippen molar-refractivity contribution in [1.82, 2.24) is 9.88 Å². The smallest absolute Gasteiger partial charge is 0.110 e. The Balaban J connectivity index is 2.10. The van der Waals surface area contributed by atoms with Crippen molar-refractivity contribution in [3.63, 3.8) is 0 Å². The maximum Gasteiger partial charge on any atom is 0.110 e. The lowest BCUT2D eigenvalue weighted by atomic mass is 10.2. The van der Waals surface area contributed by atoms with Gasteiger partial charge in [-0.1, -0.05) is 0 Å². The van der Waals surface area contributed by atoms with Crippen molar-refractivity contribution in [2.24, 2.45) is 0 Å². The first kappa shape index (κ1) is 12.0. The van der Waals surface area contributed by atoms with Gasteiger partial charge in [-0.3, -0.25) is 4.90 Å². The summed E-state index contributed by atoms with van der Waals surface area (Å²) in [5, 5.41) is 12.2. The third-order valence-corrected chi connectivity index (χ3v) is 4.17. The van der Waals surface area contributed by atoms with Crippen molar-refractivity contribution in [1.29, 1.82) is 0 Å². The maximum absolute atomic E-state index is 8.89. The Labute approximate surface area is 101 Å². The van der Waals surface area contributed by atoms with Crippen LogP contribution in [0.4, 0.5) is 0 Å². The van der Waals surface area contributed by atoms with Gasteiger partial charge in [0.1, 0.15) is 5.01 Å². The molecule has 1 aliphatic heterocycles. The summed E-state index contributed by atoms with van der Waals surface area (Å²) in [7, 11) is 0. The molecule has 90 valence electrons. The molecule has 3 nitrogen and oxygen atoms in total. The number of aromatic nitrogens is 1. The Morgan fingerprint density at radius 2 is 2.44 bits per heavy atom. The molecule has 1 aliphatic rings. The van der Waals surface area contributed by atoms with Crippen LogP contribution in [0.25, 0.3) is 0 Å². The summed E-state index contributed by atoms with van der Waals surface area (Å²) in [6.07, 6.45) is 3.19. The minimum absolute atomic E-state index is 0.196. The zero-order valence-corrected chi connectivity index (χ0v) is 10.8. The summed E-state index contributed by atoms with van der Waals surface area (Å²) in [5.74, 6) is 0. The molecule has 0 aromatic carbocycles. The van der Waals surface area contributed by atoms with Crippen LogP contribution >= 0.6 is 11.3 Å². The first-order chi connectivity index (χ1) is 7.72. The van der Waals surface area contributed by atoms with Crippen LogP contribution in [0.3, 0.4) is 0 Å².